The molecule has 4 N–H and O–H groups in total. The molecule has 1 aliphatic rings. The highest BCUT2D eigenvalue weighted by molar-refractivity contribution is 7.90. The number of benzene rings is 1. The molecule has 0 saturated carbocycles. The molecule has 19 heavy (non-hydrogen) atoms. The molecule has 1 heterocycles. The first kappa shape index (κ1) is 13.5. The van der Waals surface area contributed by atoms with Gasteiger partial charge in [-0.3, -0.25) is 0 Å². The van der Waals surface area contributed by atoms with Crippen molar-refractivity contribution in [2.45, 2.75) is 17.7 Å². The van der Waals surface area contributed by atoms with Crippen molar-refractivity contribution in [3.05, 3.63) is 17.7 Å². The van der Waals surface area contributed by atoms with Crippen LogP contribution in [0.25, 0.3) is 0 Å². The molecule has 2 amide bonds. The van der Waals surface area contributed by atoms with Crippen LogP contribution in [0.5, 0.6) is 5.75 Å². The number of hydrogen-bond donors (Lipinski definition) is 3. The maximum atomic E-state index is 12.1. The summed E-state index contributed by atoms with van der Waals surface area (Å²) < 4.78 is 31.5. The van der Waals surface area contributed by atoms with Crippen LogP contribution in [0.15, 0.2) is 17.0 Å². The maximum Gasteiger partial charge on any atom is 0.328 e. The van der Waals surface area contributed by atoms with Gasteiger partial charge in [-0.05, 0) is 30.5 Å². The van der Waals surface area contributed by atoms with E-state index in [1.54, 1.807) is 6.07 Å². The van der Waals surface area contributed by atoms with E-state index in [0.717, 1.165) is 12.0 Å². The second-order valence-electron chi connectivity index (χ2n) is 4.14. The van der Waals surface area contributed by atoms with Gasteiger partial charge in [-0.15, -0.1) is 0 Å². The largest absolute Gasteiger partial charge is 0.492 e. The number of fused-ring (bicyclic) bond motifs is 1. The number of amides is 2. The van der Waals surface area contributed by atoms with E-state index in [2.05, 4.69) is 5.32 Å². The monoisotopic (exact) mass is 285 g/mol. The lowest BCUT2D eigenvalue weighted by Crippen LogP contribution is -2.37. The Morgan fingerprint density at radius 2 is 2.16 bits per heavy atom. The van der Waals surface area contributed by atoms with Gasteiger partial charge >= 0.3 is 6.03 Å². The van der Waals surface area contributed by atoms with Crippen molar-refractivity contribution in [2.24, 2.45) is 0 Å². The summed E-state index contributed by atoms with van der Waals surface area (Å²) in [7, 11) is -2.67. The summed E-state index contributed by atoms with van der Waals surface area (Å²) in [6, 6.07) is 2.16. The van der Waals surface area contributed by atoms with Crippen molar-refractivity contribution >= 4 is 21.7 Å². The molecule has 7 nitrogen and oxygen atoms in total. The van der Waals surface area contributed by atoms with Gasteiger partial charge < -0.3 is 15.8 Å². The Morgan fingerprint density at radius 1 is 1.42 bits per heavy atom. The van der Waals surface area contributed by atoms with Crippen LogP contribution in [0.4, 0.5) is 10.5 Å². The Balaban J connectivity index is 2.49. The molecule has 0 radical (unpaired) electrons. The number of nitrogens with one attached hydrogen (secondary N) is 2. The van der Waals surface area contributed by atoms with Gasteiger partial charge in [0.2, 0.25) is 0 Å². The fraction of sp³-hybridized carbons (Fsp3) is 0.364. The highest BCUT2D eigenvalue weighted by Crippen LogP contribution is 2.34. The lowest BCUT2D eigenvalue weighted by atomic mass is 10.1. The number of anilines is 1. The van der Waals surface area contributed by atoms with E-state index in [1.807, 2.05) is 4.72 Å². The van der Waals surface area contributed by atoms with Gasteiger partial charge in [0.1, 0.15) is 10.6 Å². The quantitative estimate of drug-likeness (QED) is 0.673. The summed E-state index contributed by atoms with van der Waals surface area (Å²) in [6.45, 7) is 0.444. The normalized spacial score (nSPS) is 14.2. The maximum absolute atomic E-state index is 12.1. The fourth-order valence-corrected chi connectivity index (χ4v) is 3.08. The molecule has 1 aliphatic heterocycles. The molecule has 0 saturated heterocycles. The molecular formula is C11H15N3O4S. The minimum absolute atomic E-state index is 0.106. The minimum atomic E-state index is -4.00. The molecule has 0 atom stereocenters. The lowest BCUT2D eigenvalue weighted by molar-refractivity contribution is 0.247. The summed E-state index contributed by atoms with van der Waals surface area (Å²) in [5.74, 6) is 0.275. The number of aryl methyl sites for hydroxylation is 1. The van der Waals surface area contributed by atoms with Crippen molar-refractivity contribution < 1.29 is 17.9 Å². The third-order valence-electron chi connectivity index (χ3n) is 2.73. The first-order valence-electron chi connectivity index (χ1n) is 5.74. The van der Waals surface area contributed by atoms with E-state index >= 15 is 0 Å². The number of carbonyl (C=O) groups excluding carboxylic acids is 1. The van der Waals surface area contributed by atoms with Gasteiger partial charge in [-0.2, -0.15) is 0 Å². The van der Waals surface area contributed by atoms with E-state index in [9.17, 15) is 13.2 Å². The van der Waals surface area contributed by atoms with Crippen LogP contribution >= 0.6 is 0 Å². The number of nitrogen functional groups attached to an aromatic ring is 1. The van der Waals surface area contributed by atoms with Crippen molar-refractivity contribution in [1.82, 2.24) is 10.0 Å². The Hall–Kier alpha value is -1.96. The third kappa shape index (κ3) is 2.73. The first-order valence-corrected chi connectivity index (χ1v) is 7.22. The van der Waals surface area contributed by atoms with Crippen molar-refractivity contribution in [3.8, 4) is 5.75 Å². The van der Waals surface area contributed by atoms with Gasteiger partial charge in [0.15, 0.2) is 0 Å². The van der Waals surface area contributed by atoms with Gasteiger partial charge in [0.25, 0.3) is 10.0 Å². The Bertz CT molecular complexity index is 613. The van der Waals surface area contributed by atoms with Crippen LogP contribution in [0.2, 0.25) is 0 Å². The molecule has 0 aromatic heterocycles. The second-order valence-corrected chi connectivity index (χ2v) is 5.79. The number of nitrogens with two attached hydrogens (primary N) is 1. The Kier molecular flexibility index (Phi) is 3.52. The molecule has 1 aromatic rings. The second kappa shape index (κ2) is 4.96. The number of hydrogen-bond acceptors (Lipinski definition) is 5. The summed E-state index contributed by atoms with van der Waals surface area (Å²) >= 11 is 0. The zero-order valence-electron chi connectivity index (χ0n) is 10.4. The first-order chi connectivity index (χ1) is 8.94. The molecule has 0 spiro atoms. The van der Waals surface area contributed by atoms with Crippen molar-refractivity contribution in [3.63, 3.8) is 0 Å². The fourth-order valence-electron chi connectivity index (χ4n) is 1.90. The number of carbonyl (C=O) groups is 1. The van der Waals surface area contributed by atoms with Gasteiger partial charge in [-0.1, -0.05) is 0 Å². The van der Waals surface area contributed by atoms with Gasteiger partial charge in [-0.25, -0.2) is 17.9 Å². The molecule has 0 unspecified atom stereocenters. The number of rotatable bonds is 2. The predicted molar refractivity (Wildman–Crippen MR) is 69.4 cm³/mol. The zero-order chi connectivity index (χ0) is 14.0. The van der Waals surface area contributed by atoms with Crippen molar-refractivity contribution in [2.75, 3.05) is 19.4 Å². The van der Waals surface area contributed by atoms with E-state index < -0.39 is 16.1 Å². The molecule has 8 heteroatoms. The summed E-state index contributed by atoms with van der Waals surface area (Å²) in [4.78, 5) is 11.1. The smallest absolute Gasteiger partial charge is 0.328 e. The van der Waals surface area contributed by atoms with Crippen LogP contribution in [-0.4, -0.2) is 28.1 Å². The topological polar surface area (TPSA) is 111 Å². The Morgan fingerprint density at radius 3 is 2.84 bits per heavy atom. The highest BCUT2D eigenvalue weighted by atomic mass is 32.2. The number of sulfonamides is 1. The van der Waals surface area contributed by atoms with Crippen LogP contribution in [0, 0.1) is 0 Å². The van der Waals surface area contributed by atoms with Crippen LogP contribution in [0.1, 0.15) is 12.0 Å². The SMILES string of the molecule is CNC(=O)NS(=O)(=O)c1cc(N)cc2c1OCCC2. The molecule has 0 fully saturated rings. The van der Waals surface area contributed by atoms with Crippen LogP contribution < -0.4 is 20.5 Å². The molecule has 0 aliphatic carbocycles. The molecule has 2 rings (SSSR count). The molecular weight excluding hydrogens is 270 g/mol. The molecule has 104 valence electrons. The van der Waals surface area contributed by atoms with Gasteiger partial charge in [0.05, 0.1) is 6.61 Å². The number of urea groups is 1. The number of ether oxygens (including phenoxy) is 1. The van der Waals surface area contributed by atoms with Crippen LogP contribution in [0.3, 0.4) is 0 Å². The predicted octanol–water partition coefficient (Wildman–Crippen LogP) is 0.211. The minimum Gasteiger partial charge on any atom is -0.492 e. The summed E-state index contributed by atoms with van der Waals surface area (Å²) in [5, 5.41) is 2.18. The molecule has 1 aromatic carbocycles. The summed E-state index contributed by atoms with van der Waals surface area (Å²) in [5.41, 5.74) is 6.75. The Labute approximate surface area is 111 Å². The van der Waals surface area contributed by atoms with E-state index in [0.29, 0.717) is 18.7 Å². The zero-order valence-corrected chi connectivity index (χ0v) is 11.2. The standard InChI is InChI=1S/C11H15N3O4S/c1-13-11(15)14-19(16,17)9-6-8(12)5-7-3-2-4-18-10(7)9/h5-6H,2-4,12H2,1H3,(H2,13,14,15). The van der Waals surface area contributed by atoms with E-state index in [-0.39, 0.29) is 10.6 Å². The molecule has 0 bridgehead atoms. The van der Waals surface area contributed by atoms with E-state index in [1.165, 1.54) is 13.1 Å². The van der Waals surface area contributed by atoms with Crippen LogP contribution in [-0.2, 0) is 16.4 Å². The third-order valence-corrected chi connectivity index (χ3v) is 4.07. The average Bonchev–Trinajstić information content (AvgIpc) is 2.37. The van der Waals surface area contributed by atoms with E-state index in [4.69, 9.17) is 10.5 Å². The lowest BCUT2D eigenvalue weighted by Gasteiger charge is -2.21. The van der Waals surface area contributed by atoms with Crippen molar-refractivity contribution in [1.29, 1.82) is 0 Å². The summed E-state index contributed by atoms with van der Waals surface area (Å²) in [6.07, 6.45) is 1.50. The highest BCUT2D eigenvalue weighted by Gasteiger charge is 2.26. The average molecular weight is 285 g/mol. The van der Waals surface area contributed by atoms with Gasteiger partial charge in [0, 0.05) is 12.7 Å².